The number of ether oxygens (including phenoxy) is 1. The van der Waals surface area contributed by atoms with E-state index in [0.29, 0.717) is 6.61 Å². The van der Waals surface area contributed by atoms with Gasteiger partial charge in [0.25, 0.3) is 0 Å². The minimum absolute atomic E-state index is 0.567. The zero-order chi connectivity index (χ0) is 16.1. The highest BCUT2D eigenvalue weighted by Crippen LogP contribution is 2.23. The van der Waals surface area contributed by atoms with Crippen molar-refractivity contribution >= 4 is 0 Å². The molecule has 1 heterocycles. The summed E-state index contributed by atoms with van der Waals surface area (Å²) < 4.78 is 11.1. The Hall–Kier alpha value is -2.59. The molecule has 0 fully saturated rings. The highest BCUT2D eigenvalue weighted by molar-refractivity contribution is 5.59. The number of rotatable bonds is 6. The van der Waals surface area contributed by atoms with Crippen molar-refractivity contribution in [2.24, 2.45) is 0 Å². The molecule has 4 nitrogen and oxygen atoms in total. The number of hydrogen-bond acceptors (Lipinski definition) is 4. The Labute approximate surface area is 136 Å². The van der Waals surface area contributed by atoms with Crippen LogP contribution in [-0.4, -0.2) is 24.2 Å². The maximum atomic E-state index is 5.79. The lowest BCUT2D eigenvalue weighted by atomic mass is 10.1. The molecule has 23 heavy (non-hydrogen) atoms. The fraction of sp³-hybridized carbons (Fsp3) is 0.211. The Morgan fingerprint density at radius 3 is 2.43 bits per heavy atom. The largest absolute Gasteiger partial charge is 0.489 e. The molecule has 3 rings (SSSR count). The van der Waals surface area contributed by atoms with Gasteiger partial charge in [-0.25, -0.2) is 0 Å². The van der Waals surface area contributed by atoms with Crippen LogP contribution in [0, 0.1) is 0 Å². The molecule has 0 saturated carbocycles. The van der Waals surface area contributed by atoms with E-state index in [2.05, 4.69) is 17.3 Å². The third kappa shape index (κ3) is 4.20. The van der Waals surface area contributed by atoms with E-state index in [1.165, 1.54) is 0 Å². The molecule has 118 valence electrons. The van der Waals surface area contributed by atoms with Crippen molar-refractivity contribution in [2.75, 3.05) is 14.1 Å². The van der Waals surface area contributed by atoms with Crippen LogP contribution in [0.4, 0.5) is 0 Å². The van der Waals surface area contributed by atoms with Crippen LogP contribution in [0.25, 0.3) is 11.3 Å². The molecule has 0 aliphatic carbocycles. The molecule has 0 N–H and O–H groups in total. The summed E-state index contributed by atoms with van der Waals surface area (Å²) in [5, 5.41) is 4.12. The van der Waals surface area contributed by atoms with Gasteiger partial charge in [-0.1, -0.05) is 35.5 Å². The zero-order valence-electron chi connectivity index (χ0n) is 13.4. The van der Waals surface area contributed by atoms with Crippen LogP contribution in [0.5, 0.6) is 5.75 Å². The van der Waals surface area contributed by atoms with Gasteiger partial charge in [-0.3, -0.25) is 0 Å². The van der Waals surface area contributed by atoms with Crippen molar-refractivity contribution < 1.29 is 9.26 Å². The Balaban J connectivity index is 1.63. The molecule has 0 bridgehead atoms. The van der Waals surface area contributed by atoms with Crippen LogP contribution in [0.3, 0.4) is 0 Å². The predicted octanol–water partition coefficient (Wildman–Crippen LogP) is 3.98. The predicted molar refractivity (Wildman–Crippen MR) is 90.1 cm³/mol. The quantitative estimate of drug-likeness (QED) is 0.690. The molecule has 0 aliphatic rings. The molecule has 2 aromatic carbocycles. The molecule has 0 radical (unpaired) electrons. The molecule has 0 saturated heterocycles. The van der Waals surface area contributed by atoms with Gasteiger partial charge in [-0.2, -0.15) is 0 Å². The van der Waals surface area contributed by atoms with Gasteiger partial charge in [0.2, 0.25) is 0 Å². The van der Waals surface area contributed by atoms with Gasteiger partial charge in [0.15, 0.2) is 5.76 Å². The first-order valence-electron chi connectivity index (χ1n) is 7.58. The van der Waals surface area contributed by atoms with Crippen molar-refractivity contribution in [2.45, 2.75) is 13.2 Å². The summed E-state index contributed by atoms with van der Waals surface area (Å²) in [6, 6.07) is 20.0. The fourth-order valence-corrected chi connectivity index (χ4v) is 2.30. The molecule has 1 aromatic heterocycles. The Morgan fingerprint density at radius 1 is 1.00 bits per heavy atom. The number of aromatic nitrogens is 1. The average Bonchev–Trinajstić information content (AvgIpc) is 3.02. The van der Waals surface area contributed by atoms with E-state index in [9.17, 15) is 0 Å². The summed E-state index contributed by atoms with van der Waals surface area (Å²) in [4.78, 5) is 2.05. The Bertz CT molecular complexity index is 734. The van der Waals surface area contributed by atoms with E-state index in [1.807, 2.05) is 67.5 Å². The molecule has 3 aromatic rings. The average molecular weight is 308 g/mol. The summed E-state index contributed by atoms with van der Waals surface area (Å²) in [5.74, 6) is 1.70. The second-order valence-corrected chi connectivity index (χ2v) is 5.71. The normalized spacial score (nSPS) is 10.9. The van der Waals surface area contributed by atoms with Gasteiger partial charge in [-0.05, 0) is 43.9 Å². The fourth-order valence-electron chi connectivity index (χ4n) is 2.30. The van der Waals surface area contributed by atoms with Gasteiger partial charge in [0.1, 0.15) is 18.1 Å². The van der Waals surface area contributed by atoms with Gasteiger partial charge >= 0.3 is 0 Å². The van der Waals surface area contributed by atoms with Crippen LogP contribution >= 0.6 is 0 Å². The molecule has 0 amide bonds. The molecular weight excluding hydrogens is 288 g/mol. The molecular formula is C19H20N2O2. The second-order valence-electron chi connectivity index (χ2n) is 5.71. The summed E-state index contributed by atoms with van der Waals surface area (Å²) in [6.45, 7) is 1.31. The van der Waals surface area contributed by atoms with E-state index in [-0.39, 0.29) is 0 Å². The minimum Gasteiger partial charge on any atom is -0.489 e. The maximum Gasteiger partial charge on any atom is 0.151 e. The van der Waals surface area contributed by atoms with Gasteiger partial charge in [0.05, 0.1) is 6.54 Å². The van der Waals surface area contributed by atoms with Crippen molar-refractivity contribution in [3.05, 3.63) is 72.0 Å². The second kappa shape index (κ2) is 7.11. The molecule has 0 spiro atoms. The highest BCUT2D eigenvalue weighted by Gasteiger charge is 2.07. The topological polar surface area (TPSA) is 38.5 Å². The lowest BCUT2D eigenvalue weighted by molar-refractivity contribution is 0.306. The smallest absolute Gasteiger partial charge is 0.151 e. The van der Waals surface area contributed by atoms with E-state index < -0.39 is 0 Å². The van der Waals surface area contributed by atoms with Gasteiger partial charge in [0, 0.05) is 11.6 Å². The minimum atomic E-state index is 0.567. The van der Waals surface area contributed by atoms with E-state index in [1.54, 1.807) is 0 Å². The van der Waals surface area contributed by atoms with Crippen LogP contribution in [-0.2, 0) is 13.2 Å². The van der Waals surface area contributed by atoms with Crippen LogP contribution < -0.4 is 4.74 Å². The number of benzene rings is 2. The monoisotopic (exact) mass is 308 g/mol. The molecule has 0 unspecified atom stereocenters. The molecule has 0 atom stereocenters. The highest BCUT2D eigenvalue weighted by atomic mass is 16.5. The summed E-state index contributed by atoms with van der Waals surface area (Å²) in [6.07, 6.45) is 0. The van der Waals surface area contributed by atoms with E-state index in [4.69, 9.17) is 9.26 Å². The van der Waals surface area contributed by atoms with Crippen LogP contribution in [0.15, 0.2) is 65.2 Å². The summed E-state index contributed by atoms with van der Waals surface area (Å²) >= 11 is 0. The number of hydrogen-bond donors (Lipinski definition) is 0. The molecule has 4 heteroatoms. The standard InChI is InChI=1S/C19H20N2O2/c1-21(2)13-18-12-19(20-23-18)16-8-10-17(11-9-16)22-14-15-6-4-3-5-7-15/h3-12H,13-14H2,1-2H3. The van der Waals surface area contributed by atoms with E-state index in [0.717, 1.165) is 34.9 Å². The van der Waals surface area contributed by atoms with Crippen LogP contribution in [0.2, 0.25) is 0 Å². The van der Waals surface area contributed by atoms with Crippen molar-refractivity contribution in [1.29, 1.82) is 0 Å². The maximum absolute atomic E-state index is 5.79. The van der Waals surface area contributed by atoms with E-state index >= 15 is 0 Å². The zero-order valence-corrected chi connectivity index (χ0v) is 13.4. The van der Waals surface area contributed by atoms with Gasteiger partial charge < -0.3 is 14.2 Å². The Morgan fingerprint density at radius 2 is 1.74 bits per heavy atom. The first-order valence-corrected chi connectivity index (χ1v) is 7.58. The number of nitrogens with zero attached hydrogens (tertiary/aromatic N) is 2. The Kier molecular flexibility index (Phi) is 4.74. The lowest BCUT2D eigenvalue weighted by Gasteiger charge is -2.06. The van der Waals surface area contributed by atoms with Crippen LogP contribution in [0.1, 0.15) is 11.3 Å². The van der Waals surface area contributed by atoms with Crippen molar-refractivity contribution in [1.82, 2.24) is 10.1 Å². The van der Waals surface area contributed by atoms with Gasteiger partial charge in [-0.15, -0.1) is 0 Å². The molecule has 0 aliphatic heterocycles. The van der Waals surface area contributed by atoms with Crippen molar-refractivity contribution in [3.8, 4) is 17.0 Å². The first kappa shape index (κ1) is 15.3. The summed E-state index contributed by atoms with van der Waals surface area (Å²) in [5.41, 5.74) is 3.02. The summed E-state index contributed by atoms with van der Waals surface area (Å²) in [7, 11) is 4.00. The third-order valence-corrected chi connectivity index (χ3v) is 3.43. The lowest BCUT2D eigenvalue weighted by Crippen LogP contribution is -2.09. The first-order chi connectivity index (χ1) is 11.2. The third-order valence-electron chi connectivity index (χ3n) is 3.43. The van der Waals surface area contributed by atoms with Crippen molar-refractivity contribution in [3.63, 3.8) is 0 Å². The SMILES string of the molecule is CN(C)Cc1cc(-c2ccc(OCc3ccccc3)cc2)no1.